The van der Waals surface area contributed by atoms with E-state index >= 15 is 0 Å². The first kappa shape index (κ1) is 20.3. The van der Waals surface area contributed by atoms with Gasteiger partial charge >= 0.3 is 0 Å². The number of hydrogen-bond acceptors (Lipinski definition) is 5. The van der Waals surface area contributed by atoms with Crippen LogP contribution in [0.2, 0.25) is 0 Å². The Kier molecular flexibility index (Phi) is 6.39. The Labute approximate surface area is 169 Å². The van der Waals surface area contributed by atoms with Crippen LogP contribution in [-0.2, 0) is 9.59 Å². The molecule has 0 fully saturated rings. The summed E-state index contributed by atoms with van der Waals surface area (Å²) in [5, 5.41) is 6.16. The van der Waals surface area contributed by atoms with Gasteiger partial charge in [-0.1, -0.05) is 31.5 Å². The van der Waals surface area contributed by atoms with Crippen LogP contribution >= 0.6 is 0 Å². The number of ether oxygens (including phenoxy) is 1. The van der Waals surface area contributed by atoms with Crippen LogP contribution in [0, 0.1) is 0 Å². The van der Waals surface area contributed by atoms with Crippen LogP contribution in [0.4, 0.5) is 11.6 Å². The summed E-state index contributed by atoms with van der Waals surface area (Å²) >= 11 is 0. The molecule has 0 aliphatic rings. The number of benzene rings is 2. The molecule has 2 amide bonds. The molecule has 0 atom stereocenters. The predicted molar refractivity (Wildman–Crippen MR) is 114 cm³/mol. The van der Waals surface area contributed by atoms with Crippen LogP contribution in [0.1, 0.15) is 33.6 Å². The van der Waals surface area contributed by atoms with E-state index in [0.29, 0.717) is 18.0 Å². The van der Waals surface area contributed by atoms with Crippen LogP contribution < -0.4 is 15.4 Å². The molecule has 2 aromatic carbocycles. The maximum Gasteiger partial charge on any atom is 0.233 e. The number of unbranched alkanes of at least 4 members (excludes halogenated alkanes) is 1. The lowest BCUT2D eigenvalue weighted by Gasteiger charge is -2.12. The lowest BCUT2D eigenvalue weighted by Crippen LogP contribution is -2.10. The second-order valence-electron chi connectivity index (χ2n) is 6.73. The number of fused-ring (bicyclic) bond motifs is 1. The van der Waals surface area contributed by atoms with Gasteiger partial charge < -0.3 is 10.1 Å². The van der Waals surface area contributed by atoms with Crippen LogP contribution in [-0.4, -0.2) is 28.4 Å². The number of aromatic nitrogens is 2. The number of hydrogen-bond donors (Lipinski definition) is 2. The Morgan fingerprint density at radius 2 is 1.62 bits per heavy atom. The van der Waals surface area contributed by atoms with Gasteiger partial charge in [0, 0.05) is 19.5 Å². The first-order chi connectivity index (χ1) is 14.0. The summed E-state index contributed by atoms with van der Waals surface area (Å²) in [6.07, 6.45) is 1.92. The van der Waals surface area contributed by atoms with Crippen molar-refractivity contribution >= 4 is 34.4 Å². The molecule has 3 rings (SSSR count). The van der Waals surface area contributed by atoms with Gasteiger partial charge in [0.05, 0.1) is 17.5 Å². The molecule has 0 bridgehead atoms. The molecule has 0 saturated heterocycles. The van der Waals surface area contributed by atoms with Crippen LogP contribution in [0.5, 0.6) is 5.88 Å². The van der Waals surface area contributed by atoms with E-state index in [4.69, 9.17) is 4.74 Å². The quantitative estimate of drug-likeness (QED) is 0.582. The summed E-state index contributed by atoms with van der Waals surface area (Å²) in [5.74, 6) is 0.331. The summed E-state index contributed by atoms with van der Waals surface area (Å²) < 4.78 is 5.89. The Hall–Kier alpha value is -3.48. The molecule has 0 unspecified atom stereocenters. The molecule has 0 saturated carbocycles. The van der Waals surface area contributed by atoms with Gasteiger partial charge in [-0.3, -0.25) is 14.9 Å². The van der Waals surface area contributed by atoms with E-state index in [1.165, 1.54) is 13.8 Å². The Morgan fingerprint density at radius 1 is 0.931 bits per heavy atom. The SMILES string of the molecule is CCCCOc1nc(NC(C)=O)nc2ccc(-c3ccc(NC(C)=O)cc3)cc12. The van der Waals surface area contributed by atoms with E-state index in [-0.39, 0.29) is 17.8 Å². The molecule has 1 aromatic heterocycles. The molecular weight excluding hydrogens is 368 g/mol. The van der Waals surface area contributed by atoms with Crippen LogP contribution in [0.3, 0.4) is 0 Å². The molecule has 7 nitrogen and oxygen atoms in total. The van der Waals surface area contributed by atoms with E-state index < -0.39 is 0 Å². The highest BCUT2D eigenvalue weighted by Gasteiger charge is 2.12. The fourth-order valence-electron chi connectivity index (χ4n) is 2.87. The normalized spacial score (nSPS) is 10.6. The van der Waals surface area contributed by atoms with Gasteiger partial charge in [-0.05, 0) is 41.8 Å². The summed E-state index contributed by atoms with van der Waals surface area (Å²) in [6.45, 7) is 5.52. The molecule has 0 spiro atoms. The van der Waals surface area contributed by atoms with Gasteiger partial charge in [0.25, 0.3) is 0 Å². The molecule has 1 heterocycles. The predicted octanol–water partition coefficient (Wildman–Crippen LogP) is 4.39. The van der Waals surface area contributed by atoms with E-state index in [2.05, 4.69) is 27.5 Å². The highest BCUT2D eigenvalue weighted by molar-refractivity contribution is 5.92. The average molecular weight is 392 g/mol. The maximum atomic E-state index is 11.4. The maximum absolute atomic E-state index is 11.4. The van der Waals surface area contributed by atoms with Crippen molar-refractivity contribution in [3.05, 3.63) is 42.5 Å². The lowest BCUT2D eigenvalue weighted by atomic mass is 10.0. The zero-order valence-corrected chi connectivity index (χ0v) is 16.8. The van der Waals surface area contributed by atoms with Gasteiger partial charge in [0.1, 0.15) is 0 Å². The molecule has 150 valence electrons. The van der Waals surface area contributed by atoms with E-state index in [1.54, 1.807) is 0 Å². The second-order valence-corrected chi connectivity index (χ2v) is 6.73. The van der Waals surface area contributed by atoms with E-state index in [1.807, 2.05) is 42.5 Å². The van der Waals surface area contributed by atoms with Crippen molar-refractivity contribution in [1.82, 2.24) is 9.97 Å². The summed E-state index contributed by atoms with van der Waals surface area (Å²) in [5.41, 5.74) is 3.40. The Morgan fingerprint density at radius 3 is 2.28 bits per heavy atom. The highest BCUT2D eigenvalue weighted by Crippen LogP contribution is 2.30. The Balaban J connectivity index is 1.99. The van der Waals surface area contributed by atoms with Gasteiger partial charge in [-0.15, -0.1) is 0 Å². The third kappa shape index (κ3) is 5.28. The minimum atomic E-state index is -0.236. The zero-order chi connectivity index (χ0) is 20.8. The fraction of sp³-hybridized carbons (Fsp3) is 0.273. The number of nitrogens with zero attached hydrogens (tertiary/aromatic N) is 2. The van der Waals surface area contributed by atoms with Gasteiger partial charge in [-0.2, -0.15) is 4.98 Å². The summed E-state index contributed by atoms with van der Waals surface area (Å²) in [6, 6.07) is 13.4. The fourth-order valence-corrected chi connectivity index (χ4v) is 2.87. The lowest BCUT2D eigenvalue weighted by molar-refractivity contribution is -0.115. The third-order valence-corrected chi connectivity index (χ3v) is 4.22. The molecule has 2 N–H and O–H groups in total. The Bertz CT molecular complexity index is 1030. The minimum absolute atomic E-state index is 0.107. The minimum Gasteiger partial charge on any atom is -0.477 e. The highest BCUT2D eigenvalue weighted by atomic mass is 16.5. The first-order valence-corrected chi connectivity index (χ1v) is 9.56. The molecule has 29 heavy (non-hydrogen) atoms. The standard InChI is InChI=1S/C22H24N4O3/c1-4-5-12-29-21-19-13-17(16-6-9-18(10-7-16)23-14(2)27)8-11-20(19)25-22(26-21)24-15(3)28/h6-11,13H,4-5,12H2,1-3H3,(H,23,27)(H,24,25,26,28). The monoisotopic (exact) mass is 392 g/mol. The number of anilines is 2. The van der Waals surface area contributed by atoms with Gasteiger partial charge in [-0.25, -0.2) is 4.98 Å². The summed E-state index contributed by atoms with van der Waals surface area (Å²) in [4.78, 5) is 31.4. The molecule has 0 radical (unpaired) electrons. The van der Waals surface area contributed by atoms with Crippen molar-refractivity contribution in [3.63, 3.8) is 0 Å². The molecule has 7 heteroatoms. The van der Waals surface area contributed by atoms with Crippen molar-refractivity contribution in [2.75, 3.05) is 17.2 Å². The number of amides is 2. The molecular formula is C22H24N4O3. The van der Waals surface area contributed by atoms with Gasteiger partial charge in [0.15, 0.2) is 0 Å². The van der Waals surface area contributed by atoms with Crippen LogP contribution in [0.15, 0.2) is 42.5 Å². The van der Waals surface area contributed by atoms with Crippen molar-refractivity contribution in [2.24, 2.45) is 0 Å². The first-order valence-electron chi connectivity index (χ1n) is 9.56. The summed E-state index contributed by atoms with van der Waals surface area (Å²) in [7, 11) is 0. The smallest absolute Gasteiger partial charge is 0.233 e. The largest absolute Gasteiger partial charge is 0.477 e. The number of carbonyl (C=O) groups excluding carboxylic acids is 2. The second kappa shape index (κ2) is 9.14. The molecule has 3 aromatic rings. The van der Waals surface area contributed by atoms with Crippen molar-refractivity contribution in [1.29, 1.82) is 0 Å². The van der Waals surface area contributed by atoms with Gasteiger partial charge in [0.2, 0.25) is 23.6 Å². The van der Waals surface area contributed by atoms with E-state index in [0.717, 1.165) is 35.0 Å². The van der Waals surface area contributed by atoms with E-state index in [9.17, 15) is 9.59 Å². The topological polar surface area (TPSA) is 93.2 Å². The molecule has 0 aliphatic heterocycles. The number of nitrogens with one attached hydrogen (secondary N) is 2. The zero-order valence-electron chi connectivity index (χ0n) is 16.8. The average Bonchev–Trinajstić information content (AvgIpc) is 2.67. The van der Waals surface area contributed by atoms with Crippen molar-refractivity contribution in [2.45, 2.75) is 33.6 Å². The van der Waals surface area contributed by atoms with Crippen molar-refractivity contribution in [3.8, 4) is 17.0 Å². The number of carbonyl (C=O) groups is 2. The molecule has 0 aliphatic carbocycles. The third-order valence-electron chi connectivity index (χ3n) is 4.22. The number of rotatable bonds is 7. The van der Waals surface area contributed by atoms with Crippen molar-refractivity contribution < 1.29 is 14.3 Å². The van der Waals surface area contributed by atoms with Crippen LogP contribution in [0.25, 0.3) is 22.0 Å².